The smallest absolute Gasteiger partial charge is 0.154 e. The van der Waals surface area contributed by atoms with Gasteiger partial charge in [-0.1, -0.05) is 58.9 Å². The Morgan fingerprint density at radius 2 is 1.67 bits per heavy atom. The fourth-order valence-electron chi connectivity index (χ4n) is 2.45. The third-order valence-electron chi connectivity index (χ3n) is 3.75. The summed E-state index contributed by atoms with van der Waals surface area (Å²) in [7, 11) is 0. The first-order valence-electron chi connectivity index (χ1n) is 7.93. The monoisotopic (exact) mass is 287 g/mol. The minimum absolute atomic E-state index is 0.148. The molecule has 0 amide bonds. The summed E-state index contributed by atoms with van der Waals surface area (Å²) in [5.41, 5.74) is 2.69. The number of Topliss-reactive ketones (excluding diaryl/α,β-unsaturated/α-hetero) is 1. The maximum atomic E-state index is 11.5. The Balaban J connectivity index is 2.64. The molecule has 0 bridgehead atoms. The number of carbonyl (C=O) groups excluding carboxylic acids is 1. The van der Waals surface area contributed by atoms with Crippen LogP contribution in [0.3, 0.4) is 0 Å². The minimum atomic E-state index is -0.198. The van der Waals surface area contributed by atoms with Gasteiger partial charge in [-0.3, -0.25) is 9.79 Å². The number of aliphatic imine (C=N–C) groups is 1. The van der Waals surface area contributed by atoms with Gasteiger partial charge in [0.15, 0.2) is 5.78 Å². The molecular weight excluding hydrogens is 258 g/mol. The maximum Gasteiger partial charge on any atom is 0.154 e. The number of rotatable bonds is 7. The van der Waals surface area contributed by atoms with Crippen LogP contribution < -0.4 is 0 Å². The summed E-state index contributed by atoms with van der Waals surface area (Å²) < 4.78 is 0. The van der Waals surface area contributed by atoms with Crippen LogP contribution in [0.25, 0.3) is 0 Å². The van der Waals surface area contributed by atoms with Gasteiger partial charge in [0, 0.05) is 6.21 Å². The third kappa shape index (κ3) is 5.82. The Morgan fingerprint density at radius 1 is 1.10 bits per heavy atom. The van der Waals surface area contributed by atoms with E-state index in [2.05, 4.69) is 50.0 Å². The van der Waals surface area contributed by atoms with E-state index in [4.69, 9.17) is 0 Å². The summed E-state index contributed by atoms with van der Waals surface area (Å²) in [4.78, 5) is 16.0. The van der Waals surface area contributed by atoms with Crippen LogP contribution in [0.15, 0.2) is 29.3 Å². The van der Waals surface area contributed by atoms with Crippen molar-refractivity contribution in [2.24, 2.45) is 16.8 Å². The van der Waals surface area contributed by atoms with Crippen LogP contribution in [-0.4, -0.2) is 18.0 Å². The van der Waals surface area contributed by atoms with Crippen LogP contribution in [0.1, 0.15) is 58.6 Å². The lowest BCUT2D eigenvalue weighted by Gasteiger charge is -2.14. The molecule has 0 fully saturated rings. The Morgan fingerprint density at radius 3 is 2.10 bits per heavy atom. The predicted octanol–water partition coefficient (Wildman–Crippen LogP) is 4.67. The Bertz CT molecular complexity index is 471. The van der Waals surface area contributed by atoms with Gasteiger partial charge in [-0.05, 0) is 42.2 Å². The number of ketones is 1. The lowest BCUT2D eigenvalue weighted by Crippen LogP contribution is -2.22. The van der Waals surface area contributed by atoms with E-state index in [1.54, 1.807) is 6.92 Å². The molecule has 0 aliphatic carbocycles. The molecular formula is C19H29NO. The molecule has 0 aromatic heterocycles. The highest BCUT2D eigenvalue weighted by molar-refractivity contribution is 5.83. The van der Waals surface area contributed by atoms with Gasteiger partial charge < -0.3 is 0 Å². The van der Waals surface area contributed by atoms with Crippen LogP contribution in [0, 0.1) is 11.8 Å². The van der Waals surface area contributed by atoms with E-state index in [1.165, 1.54) is 11.1 Å². The molecule has 1 aromatic carbocycles. The number of carbonyl (C=O) groups is 1. The molecule has 0 aliphatic rings. The number of nitrogens with zero attached hydrogens (tertiary/aromatic N) is 1. The zero-order valence-electron chi connectivity index (χ0n) is 14.3. The van der Waals surface area contributed by atoms with Crippen molar-refractivity contribution in [1.82, 2.24) is 0 Å². The van der Waals surface area contributed by atoms with Gasteiger partial charge in [0.25, 0.3) is 0 Å². The molecule has 1 rings (SSSR count). The van der Waals surface area contributed by atoms with E-state index in [1.807, 2.05) is 20.1 Å². The fraction of sp³-hybridized carbons (Fsp3) is 0.579. The minimum Gasteiger partial charge on any atom is -0.298 e. The molecule has 21 heavy (non-hydrogen) atoms. The first kappa shape index (κ1) is 17.6. The van der Waals surface area contributed by atoms with Crippen molar-refractivity contribution in [3.8, 4) is 0 Å². The van der Waals surface area contributed by atoms with Crippen LogP contribution in [-0.2, 0) is 11.2 Å². The molecule has 0 aliphatic heterocycles. The molecule has 2 nitrogen and oxygen atoms in total. The van der Waals surface area contributed by atoms with Crippen LogP contribution >= 0.6 is 0 Å². The molecule has 0 saturated carbocycles. The number of hydrogen-bond donors (Lipinski definition) is 0. The van der Waals surface area contributed by atoms with E-state index in [0.29, 0.717) is 11.8 Å². The average Bonchev–Trinajstić information content (AvgIpc) is 2.38. The summed E-state index contributed by atoms with van der Waals surface area (Å²) >= 11 is 0. The maximum absolute atomic E-state index is 11.5. The molecule has 116 valence electrons. The lowest BCUT2D eigenvalue weighted by atomic mass is 9.97. The summed E-state index contributed by atoms with van der Waals surface area (Å²) in [5.74, 6) is 1.32. The molecule has 1 aromatic rings. The zero-order valence-corrected chi connectivity index (χ0v) is 14.3. The second-order valence-electron chi connectivity index (χ2n) is 6.68. The largest absolute Gasteiger partial charge is 0.298 e. The van der Waals surface area contributed by atoms with Crippen molar-refractivity contribution in [3.05, 3.63) is 35.4 Å². The van der Waals surface area contributed by atoms with Gasteiger partial charge in [-0.25, -0.2) is 0 Å². The molecule has 0 saturated heterocycles. The highest BCUT2D eigenvalue weighted by atomic mass is 16.1. The Kier molecular flexibility index (Phi) is 6.80. The second-order valence-corrected chi connectivity index (χ2v) is 6.68. The van der Waals surface area contributed by atoms with Crippen molar-refractivity contribution in [1.29, 1.82) is 0 Å². The molecule has 2 atom stereocenters. The molecule has 0 N–H and O–H groups in total. The first-order chi connectivity index (χ1) is 9.81. The normalized spacial score (nSPS) is 14.9. The van der Waals surface area contributed by atoms with E-state index < -0.39 is 0 Å². The summed E-state index contributed by atoms with van der Waals surface area (Å²) in [6, 6.07) is 8.61. The van der Waals surface area contributed by atoms with Crippen molar-refractivity contribution in [3.63, 3.8) is 0 Å². The van der Waals surface area contributed by atoms with Crippen LogP contribution in [0.2, 0.25) is 0 Å². The van der Waals surface area contributed by atoms with E-state index in [9.17, 15) is 4.79 Å². The molecule has 0 spiro atoms. The van der Waals surface area contributed by atoms with Gasteiger partial charge in [-0.15, -0.1) is 0 Å². The van der Waals surface area contributed by atoms with Crippen LogP contribution in [0.5, 0.6) is 0 Å². The van der Waals surface area contributed by atoms with Gasteiger partial charge >= 0.3 is 0 Å². The molecule has 2 unspecified atom stereocenters. The van der Waals surface area contributed by atoms with Crippen molar-refractivity contribution in [2.75, 3.05) is 0 Å². The second kappa shape index (κ2) is 8.11. The first-order valence-corrected chi connectivity index (χ1v) is 7.93. The van der Waals surface area contributed by atoms with E-state index in [-0.39, 0.29) is 17.7 Å². The fourth-order valence-corrected chi connectivity index (χ4v) is 2.45. The van der Waals surface area contributed by atoms with Crippen molar-refractivity contribution >= 4 is 12.0 Å². The molecule has 2 heteroatoms. The van der Waals surface area contributed by atoms with Gasteiger partial charge in [0.1, 0.15) is 6.04 Å². The Hall–Kier alpha value is -1.44. The van der Waals surface area contributed by atoms with Gasteiger partial charge in [0.2, 0.25) is 0 Å². The van der Waals surface area contributed by atoms with Gasteiger partial charge in [-0.2, -0.15) is 0 Å². The molecule has 0 radical (unpaired) electrons. The lowest BCUT2D eigenvalue weighted by molar-refractivity contribution is -0.118. The van der Waals surface area contributed by atoms with Crippen LogP contribution in [0.4, 0.5) is 0 Å². The highest BCUT2D eigenvalue weighted by Gasteiger charge is 2.16. The predicted molar refractivity (Wildman–Crippen MR) is 91.2 cm³/mol. The SMILES string of the molecule is CC(=O)C(N=CC(C)Cc1ccc(C(C)C)cc1)C(C)C. The third-order valence-corrected chi connectivity index (χ3v) is 3.75. The van der Waals surface area contributed by atoms with Crippen molar-refractivity contribution in [2.45, 2.75) is 59.9 Å². The standard InChI is InChI=1S/C19H29NO/c1-13(2)18-9-7-17(8-10-18)11-15(5)12-20-19(14(3)4)16(6)21/h7-10,12-15,19H,11H2,1-6H3. The topological polar surface area (TPSA) is 29.4 Å². The summed E-state index contributed by atoms with van der Waals surface area (Å²) in [6.45, 7) is 12.3. The Labute approximate surface area is 129 Å². The van der Waals surface area contributed by atoms with E-state index >= 15 is 0 Å². The highest BCUT2D eigenvalue weighted by Crippen LogP contribution is 2.16. The molecule has 0 heterocycles. The number of hydrogen-bond acceptors (Lipinski definition) is 2. The summed E-state index contributed by atoms with van der Waals surface area (Å²) in [5, 5.41) is 0. The van der Waals surface area contributed by atoms with E-state index in [0.717, 1.165) is 6.42 Å². The zero-order chi connectivity index (χ0) is 16.0. The average molecular weight is 287 g/mol. The van der Waals surface area contributed by atoms with Crippen molar-refractivity contribution < 1.29 is 4.79 Å². The van der Waals surface area contributed by atoms with Gasteiger partial charge in [0.05, 0.1) is 0 Å². The summed E-state index contributed by atoms with van der Waals surface area (Å²) in [6.07, 6.45) is 2.91. The quantitative estimate of drug-likeness (QED) is 0.670. The number of benzene rings is 1.